The molecule has 0 heterocycles. The summed E-state index contributed by atoms with van der Waals surface area (Å²) in [5.41, 5.74) is 1.71. The molecule has 2 rings (SSSR count). The second kappa shape index (κ2) is 10.4. The molecule has 0 aliphatic rings. The summed E-state index contributed by atoms with van der Waals surface area (Å²) in [5.74, 6) is 2.35. The smallest absolute Gasteiger partial charge is 0.322 e. The van der Waals surface area contributed by atoms with E-state index in [2.05, 4.69) is 24.5 Å². The van der Waals surface area contributed by atoms with Gasteiger partial charge in [-0.3, -0.25) is 0 Å². The molecule has 6 heteroatoms. The van der Waals surface area contributed by atoms with Gasteiger partial charge in [0.1, 0.15) is 5.75 Å². The van der Waals surface area contributed by atoms with Crippen LogP contribution in [0.5, 0.6) is 17.2 Å². The summed E-state index contributed by atoms with van der Waals surface area (Å²) in [4.78, 5) is 12.3. The van der Waals surface area contributed by atoms with E-state index in [0.717, 1.165) is 11.3 Å². The monoisotopic (exact) mass is 386 g/mol. The van der Waals surface area contributed by atoms with Crippen molar-refractivity contribution >= 4 is 11.7 Å². The first-order valence-corrected chi connectivity index (χ1v) is 9.67. The molecule has 2 amide bonds. The van der Waals surface area contributed by atoms with Crippen LogP contribution in [0.25, 0.3) is 0 Å². The van der Waals surface area contributed by atoms with E-state index in [1.54, 1.807) is 25.1 Å². The van der Waals surface area contributed by atoms with Crippen LogP contribution in [-0.4, -0.2) is 25.5 Å². The Morgan fingerprint density at radius 3 is 2.29 bits per heavy atom. The SMILES string of the molecule is CCOc1ccc(NC(=O)NC(C)Oc2ccccc2C(C)C)cc1OCC. The van der Waals surface area contributed by atoms with Gasteiger partial charge in [-0.2, -0.15) is 0 Å². The Labute approximate surface area is 167 Å². The molecule has 0 radical (unpaired) electrons. The van der Waals surface area contributed by atoms with E-state index in [-0.39, 0.29) is 6.03 Å². The molecule has 6 nitrogen and oxygen atoms in total. The van der Waals surface area contributed by atoms with Crippen LogP contribution in [0.1, 0.15) is 46.1 Å². The van der Waals surface area contributed by atoms with E-state index in [9.17, 15) is 4.79 Å². The van der Waals surface area contributed by atoms with E-state index in [0.29, 0.717) is 36.3 Å². The zero-order chi connectivity index (χ0) is 20.5. The summed E-state index contributed by atoms with van der Waals surface area (Å²) in [6.07, 6.45) is -0.492. The van der Waals surface area contributed by atoms with E-state index in [1.807, 2.05) is 38.1 Å². The fraction of sp³-hybridized carbons (Fsp3) is 0.409. The van der Waals surface area contributed by atoms with Crippen molar-refractivity contribution in [1.82, 2.24) is 5.32 Å². The second-order valence-electron chi connectivity index (χ2n) is 6.58. The standard InChI is InChI=1S/C22H30N2O4/c1-6-26-20-13-12-17(14-21(20)27-7-2)24-22(25)23-16(5)28-19-11-9-8-10-18(19)15(3)4/h8-16H,6-7H2,1-5H3,(H2,23,24,25). The third-order valence-corrected chi connectivity index (χ3v) is 3.98. The number of nitrogens with one attached hydrogen (secondary N) is 2. The second-order valence-corrected chi connectivity index (χ2v) is 6.58. The molecule has 2 aromatic carbocycles. The van der Waals surface area contributed by atoms with Crippen LogP contribution < -0.4 is 24.8 Å². The average molecular weight is 386 g/mol. The van der Waals surface area contributed by atoms with Crippen LogP contribution in [0, 0.1) is 0 Å². The number of carbonyl (C=O) groups is 1. The zero-order valence-electron chi connectivity index (χ0n) is 17.2. The molecule has 2 aromatic rings. The van der Waals surface area contributed by atoms with Crippen molar-refractivity contribution in [2.45, 2.75) is 46.8 Å². The van der Waals surface area contributed by atoms with Crippen molar-refractivity contribution in [3.05, 3.63) is 48.0 Å². The van der Waals surface area contributed by atoms with Gasteiger partial charge < -0.3 is 24.8 Å². The Balaban J connectivity index is 1.99. The van der Waals surface area contributed by atoms with Gasteiger partial charge in [0.05, 0.1) is 13.2 Å². The molecule has 2 N–H and O–H groups in total. The normalized spacial score (nSPS) is 11.6. The minimum Gasteiger partial charge on any atom is -0.490 e. The van der Waals surface area contributed by atoms with Gasteiger partial charge in [0.25, 0.3) is 0 Å². The van der Waals surface area contributed by atoms with Crippen LogP contribution >= 0.6 is 0 Å². The highest BCUT2D eigenvalue weighted by molar-refractivity contribution is 5.89. The van der Waals surface area contributed by atoms with Gasteiger partial charge >= 0.3 is 6.03 Å². The first-order chi connectivity index (χ1) is 13.4. The summed E-state index contributed by atoms with van der Waals surface area (Å²) in [5, 5.41) is 5.59. The van der Waals surface area contributed by atoms with Crippen LogP contribution in [-0.2, 0) is 0 Å². The van der Waals surface area contributed by atoms with E-state index >= 15 is 0 Å². The highest BCUT2D eigenvalue weighted by Gasteiger charge is 2.14. The van der Waals surface area contributed by atoms with Crippen LogP contribution in [0.4, 0.5) is 10.5 Å². The third-order valence-electron chi connectivity index (χ3n) is 3.98. The number of carbonyl (C=O) groups excluding carboxylic acids is 1. The number of ether oxygens (including phenoxy) is 3. The van der Waals surface area contributed by atoms with Crippen molar-refractivity contribution in [3.8, 4) is 17.2 Å². The number of benzene rings is 2. The van der Waals surface area contributed by atoms with Gasteiger partial charge in [0.15, 0.2) is 17.7 Å². The Kier molecular flexibility index (Phi) is 7.99. The Morgan fingerprint density at radius 2 is 1.61 bits per heavy atom. The van der Waals surface area contributed by atoms with Crippen molar-refractivity contribution < 1.29 is 19.0 Å². The predicted octanol–water partition coefficient (Wildman–Crippen LogP) is 5.15. The van der Waals surface area contributed by atoms with Crippen molar-refractivity contribution in [2.24, 2.45) is 0 Å². The molecule has 1 unspecified atom stereocenters. The minimum absolute atomic E-state index is 0.332. The Hall–Kier alpha value is -2.89. The van der Waals surface area contributed by atoms with Gasteiger partial charge in [-0.15, -0.1) is 0 Å². The molecule has 1 atom stereocenters. The summed E-state index contributed by atoms with van der Waals surface area (Å²) < 4.78 is 17.0. The lowest BCUT2D eigenvalue weighted by Gasteiger charge is -2.20. The maximum atomic E-state index is 12.3. The molecule has 0 bridgehead atoms. The van der Waals surface area contributed by atoms with E-state index < -0.39 is 6.23 Å². The molecule has 0 saturated carbocycles. The van der Waals surface area contributed by atoms with Crippen molar-refractivity contribution in [1.29, 1.82) is 0 Å². The maximum Gasteiger partial charge on any atom is 0.322 e. The van der Waals surface area contributed by atoms with Gasteiger partial charge in [-0.05, 0) is 50.5 Å². The first kappa shape index (κ1) is 21.4. The molecule has 0 aliphatic carbocycles. The number of hydrogen-bond donors (Lipinski definition) is 2. The maximum absolute atomic E-state index is 12.3. The van der Waals surface area contributed by atoms with Crippen molar-refractivity contribution in [3.63, 3.8) is 0 Å². The average Bonchev–Trinajstić information content (AvgIpc) is 2.64. The highest BCUT2D eigenvalue weighted by Crippen LogP contribution is 2.30. The largest absolute Gasteiger partial charge is 0.490 e. The number of para-hydroxylation sites is 1. The number of amides is 2. The number of urea groups is 1. The first-order valence-electron chi connectivity index (χ1n) is 9.67. The number of rotatable bonds is 9. The van der Waals surface area contributed by atoms with Crippen LogP contribution in [0.2, 0.25) is 0 Å². The molecule has 0 aliphatic heterocycles. The predicted molar refractivity (Wildman–Crippen MR) is 112 cm³/mol. The Bertz CT molecular complexity index is 777. The quantitative estimate of drug-likeness (QED) is 0.585. The lowest BCUT2D eigenvalue weighted by molar-refractivity contribution is 0.181. The molecule has 0 fully saturated rings. The topological polar surface area (TPSA) is 68.8 Å². The molecular weight excluding hydrogens is 356 g/mol. The van der Waals surface area contributed by atoms with Crippen molar-refractivity contribution in [2.75, 3.05) is 18.5 Å². The third kappa shape index (κ3) is 6.08. The lowest BCUT2D eigenvalue weighted by atomic mass is 10.0. The summed E-state index contributed by atoms with van der Waals surface area (Å²) in [7, 11) is 0. The molecule has 28 heavy (non-hydrogen) atoms. The number of hydrogen-bond acceptors (Lipinski definition) is 4. The summed E-state index contributed by atoms with van der Waals surface area (Å²) >= 11 is 0. The molecule has 0 spiro atoms. The fourth-order valence-corrected chi connectivity index (χ4v) is 2.77. The van der Waals surface area contributed by atoms with Crippen LogP contribution in [0.3, 0.4) is 0 Å². The summed E-state index contributed by atoms with van der Waals surface area (Å²) in [6.45, 7) is 10.9. The van der Waals surface area contributed by atoms with Crippen LogP contribution in [0.15, 0.2) is 42.5 Å². The van der Waals surface area contributed by atoms with E-state index in [4.69, 9.17) is 14.2 Å². The molecule has 152 valence electrons. The van der Waals surface area contributed by atoms with Gasteiger partial charge in [-0.1, -0.05) is 32.0 Å². The fourth-order valence-electron chi connectivity index (χ4n) is 2.77. The molecular formula is C22H30N2O4. The zero-order valence-corrected chi connectivity index (χ0v) is 17.2. The van der Waals surface area contributed by atoms with Gasteiger partial charge in [-0.25, -0.2) is 4.79 Å². The highest BCUT2D eigenvalue weighted by atomic mass is 16.5. The number of anilines is 1. The lowest BCUT2D eigenvalue weighted by Crippen LogP contribution is -2.39. The van der Waals surface area contributed by atoms with Gasteiger partial charge in [0.2, 0.25) is 0 Å². The summed E-state index contributed by atoms with van der Waals surface area (Å²) in [6, 6.07) is 12.8. The van der Waals surface area contributed by atoms with E-state index in [1.165, 1.54) is 0 Å². The minimum atomic E-state index is -0.492. The molecule has 0 aromatic heterocycles. The van der Waals surface area contributed by atoms with Gasteiger partial charge in [0, 0.05) is 11.8 Å². The molecule has 0 saturated heterocycles. The Morgan fingerprint density at radius 1 is 0.929 bits per heavy atom.